The van der Waals surface area contributed by atoms with Crippen molar-refractivity contribution in [3.05, 3.63) is 24.3 Å². The SMILES string of the molecule is COc1ccccc1N1CCOC(CC(=O)O)C1. The zero-order valence-electron chi connectivity index (χ0n) is 10.3. The largest absolute Gasteiger partial charge is 0.495 e. The minimum atomic E-state index is -0.832. The maximum absolute atomic E-state index is 10.7. The summed E-state index contributed by atoms with van der Waals surface area (Å²) in [5.74, 6) is -0.0321. The summed E-state index contributed by atoms with van der Waals surface area (Å²) in [6.07, 6.45) is -0.229. The number of ether oxygens (including phenoxy) is 2. The van der Waals surface area contributed by atoms with Crippen LogP contribution < -0.4 is 9.64 Å². The average molecular weight is 251 g/mol. The van der Waals surface area contributed by atoms with E-state index in [1.807, 2.05) is 24.3 Å². The molecule has 0 aromatic heterocycles. The van der Waals surface area contributed by atoms with E-state index in [0.29, 0.717) is 13.2 Å². The number of hydrogen-bond acceptors (Lipinski definition) is 4. The van der Waals surface area contributed by atoms with Gasteiger partial charge in [-0.25, -0.2) is 0 Å². The van der Waals surface area contributed by atoms with Gasteiger partial charge in [-0.05, 0) is 12.1 Å². The quantitative estimate of drug-likeness (QED) is 0.876. The third-order valence-electron chi connectivity index (χ3n) is 2.97. The normalized spacial score (nSPS) is 19.6. The molecule has 1 heterocycles. The predicted molar refractivity (Wildman–Crippen MR) is 67.2 cm³/mol. The van der Waals surface area contributed by atoms with Crippen molar-refractivity contribution in [2.75, 3.05) is 31.7 Å². The van der Waals surface area contributed by atoms with Gasteiger partial charge in [0.2, 0.25) is 0 Å². The number of hydrogen-bond donors (Lipinski definition) is 1. The van der Waals surface area contributed by atoms with Gasteiger partial charge in [-0.2, -0.15) is 0 Å². The van der Waals surface area contributed by atoms with Gasteiger partial charge in [0.25, 0.3) is 0 Å². The summed E-state index contributed by atoms with van der Waals surface area (Å²) in [6, 6.07) is 7.73. The molecule has 18 heavy (non-hydrogen) atoms. The molecule has 1 unspecified atom stereocenters. The lowest BCUT2D eigenvalue weighted by atomic mass is 10.1. The molecule has 1 aromatic carbocycles. The third kappa shape index (κ3) is 2.92. The monoisotopic (exact) mass is 251 g/mol. The second kappa shape index (κ2) is 5.73. The summed E-state index contributed by atoms with van der Waals surface area (Å²) >= 11 is 0. The predicted octanol–water partition coefficient (Wildman–Crippen LogP) is 1.38. The molecule has 98 valence electrons. The maximum Gasteiger partial charge on any atom is 0.306 e. The van der Waals surface area contributed by atoms with Crippen LogP contribution in [0.4, 0.5) is 5.69 Å². The van der Waals surface area contributed by atoms with Crippen molar-refractivity contribution in [1.29, 1.82) is 0 Å². The van der Waals surface area contributed by atoms with E-state index in [0.717, 1.165) is 18.0 Å². The van der Waals surface area contributed by atoms with Gasteiger partial charge < -0.3 is 19.5 Å². The molecule has 5 nitrogen and oxygen atoms in total. The first kappa shape index (κ1) is 12.7. The molecular weight excluding hydrogens is 234 g/mol. The van der Waals surface area contributed by atoms with Crippen LogP contribution in [-0.4, -0.2) is 44.0 Å². The first-order valence-electron chi connectivity index (χ1n) is 5.92. The zero-order valence-corrected chi connectivity index (χ0v) is 10.3. The van der Waals surface area contributed by atoms with Crippen molar-refractivity contribution in [1.82, 2.24) is 0 Å². The van der Waals surface area contributed by atoms with Crippen LogP contribution in [0, 0.1) is 0 Å². The zero-order chi connectivity index (χ0) is 13.0. The second-order valence-corrected chi connectivity index (χ2v) is 4.21. The molecule has 0 amide bonds. The molecule has 0 radical (unpaired) electrons. The fraction of sp³-hybridized carbons (Fsp3) is 0.462. The molecule has 0 saturated carbocycles. The van der Waals surface area contributed by atoms with Gasteiger partial charge in [0.1, 0.15) is 5.75 Å². The Bertz CT molecular complexity index is 421. The lowest BCUT2D eigenvalue weighted by Gasteiger charge is -2.34. The first-order chi connectivity index (χ1) is 8.70. The van der Waals surface area contributed by atoms with E-state index in [4.69, 9.17) is 14.6 Å². The van der Waals surface area contributed by atoms with Crippen LogP contribution in [0.15, 0.2) is 24.3 Å². The van der Waals surface area contributed by atoms with E-state index in [1.165, 1.54) is 0 Å². The maximum atomic E-state index is 10.7. The van der Waals surface area contributed by atoms with Crippen molar-refractivity contribution in [2.45, 2.75) is 12.5 Å². The van der Waals surface area contributed by atoms with Crippen LogP contribution in [0.3, 0.4) is 0 Å². The van der Waals surface area contributed by atoms with Crippen LogP contribution in [0.5, 0.6) is 5.75 Å². The third-order valence-corrected chi connectivity index (χ3v) is 2.97. The van der Waals surface area contributed by atoms with Gasteiger partial charge in [0, 0.05) is 13.1 Å². The van der Waals surface area contributed by atoms with Crippen molar-refractivity contribution in [3.8, 4) is 5.75 Å². The fourth-order valence-corrected chi connectivity index (χ4v) is 2.15. The Balaban J connectivity index is 2.10. The Kier molecular flexibility index (Phi) is 4.04. The molecule has 1 saturated heterocycles. The summed E-state index contributed by atoms with van der Waals surface area (Å²) in [4.78, 5) is 12.8. The van der Waals surface area contributed by atoms with Gasteiger partial charge in [0.15, 0.2) is 0 Å². The Labute approximate surface area is 106 Å². The Hall–Kier alpha value is -1.75. The number of nitrogens with zero attached hydrogens (tertiary/aromatic N) is 1. The summed E-state index contributed by atoms with van der Waals surface area (Å²) in [6.45, 7) is 1.86. The van der Waals surface area contributed by atoms with Gasteiger partial charge >= 0.3 is 5.97 Å². The van der Waals surface area contributed by atoms with Crippen LogP contribution in [0.25, 0.3) is 0 Å². The number of methoxy groups -OCH3 is 1. The summed E-state index contributed by atoms with van der Waals surface area (Å²) < 4.78 is 10.8. The molecule has 0 bridgehead atoms. The van der Waals surface area contributed by atoms with E-state index >= 15 is 0 Å². The number of carboxylic acid groups (broad SMARTS) is 1. The Morgan fingerprint density at radius 2 is 2.33 bits per heavy atom. The lowest BCUT2D eigenvalue weighted by Crippen LogP contribution is -2.43. The highest BCUT2D eigenvalue weighted by Crippen LogP contribution is 2.29. The molecular formula is C13H17NO4. The molecule has 0 spiro atoms. The van der Waals surface area contributed by atoms with E-state index in [-0.39, 0.29) is 12.5 Å². The van der Waals surface area contributed by atoms with E-state index in [1.54, 1.807) is 7.11 Å². The van der Waals surface area contributed by atoms with Crippen molar-refractivity contribution >= 4 is 11.7 Å². The number of aliphatic carboxylic acids is 1. The van der Waals surface area contributed by atoms with Gasteiger partial charge in [-0.3, -0.25) is 4.79 Å². The number of benzene rings is 1. The van der Waals surface area contributed by atoms with Crippen LogP contribution >= 0.6 is 0 Å². The number of carboxylic acids is 1. The summed E-state index contributed by atoms with van der Waals surface area (Å²) in [7, 11) is 1.63. The van der Waals surface area contributed by atoms with E-state index in [9.17, 15) is 4.79 Å². The number of para-hydroxylation sites is 2. The smallest absolute Gasteiger partial charge is 0.306 e. The summed E-state index contributed by atoms with van der Waals surface area (Å²) in [5.41, 5.74) is 0.985. The molecule has 1 aromatic rings. The van der Waals surface area contributed by atoms with Crippen molar-refractivity contribution < 1.29 is 19.4 Å². The second-order valence-electron chi connectivity index (χ2n) is 4.21. The molecule has 1 fully saturated rings. The minimum Gasteiger partial charge on any atom is -0.495 e. The molecule has 1 aliphatic rings. The number of morpholine rings is 1. The topological polar surface area (TPSA) is 59.0 Å². The molecule has 1 atom stereocenters. The van der Waals surface area contributed by atoms with E-state index < -0.39 is 5.97 Å². The first-order valence-corrected chi connectivity index (χ1v) is 5.92. The standard InChI is InChI=1S/C13H17NO4/c1-17-12-5-3-2-4-11(12)14-6-7-18-10(9-14)8-13(15)16/h2-5,10H,6-9H2,1H3,(H,15,16). The number of carbonyl (C=O) groups is 1. The van der Waals surface area contributed by atoms with E-state index in [2.05, 4.69) is 4.90 Å². The Morgan fingerprint density at radius 1 is 1.56 bits per heavy atom. The number of rotatable bonds is 4. The van der Waals surface area contributed by atoms with Gasteiger partial charge in [-0.1, -0.05) is 12.1 Å². The Morgan fingerprint density at radius 3 is 3.06 bits per heavy atom. The number of anilines is 1. The lowest BCUT2D eigenvalue weighted by molar-refractivity contribution is -0.140. The van der Waals surface area contributed by atoms with Crippen LogP contribution in [0.2, 0.25) is 0 Å². The van der Waals surface area contributed by atoms with Gasteiger partial charge in [0.05, 0.1) is 31.9 Å². The molecule has 1 N–H and O–H groups in total. The van der Waals surface area contributed by atoms with Crippen molar-refractivity contribution in [3.63, 3.8) is 0 Å². The minimum absolute atomic E-state index is 0.0334. The molecule has 0 aliphatic carbocycles. The van der Waals surface area contributed by atoms with Crippen LogP contribution in [0.1, 0.15) is 6.42 Å². The van der Waals surface area contributed by atoms with Crippen molar-refractivity contribution in [2.24, 2.45) is 0 Å². The molecule has 1 aliphatic heterocycles. The molecule has 5 heteroatoms. The highest BCUT2D eigenvalue weighted by atomic mass is 16.5. The highest BCUT2D eigenvalue weighted by Gasteiger charge is 2.24. The highest BCUT2D eigenvalue weighted by molar-refractivity contribution is 5.67. The van der Waals surface area contributed by atoms with Gasteiger partial charge in [-0.15, -0.1) is 0 Å². The summed E-state index contributed by atoms with van der Waals surface area (Å²) in [5, 5.41) is 8.80. The average Bonchev–Trinajstić information content (AvgIpc) is 2.38. The van der Waals surface area contributed by atoms with Crippen LogP contribution in [-0.2, 0) is 9.53 Å². The fourth-order valence-electron chi connectivity index (χ4n) is 2.15. The molecule has 2 rings (SSSR count).